The monoisotopic (exact) mass is 308 g/mol. The molecule has 0 saturated heterocycles. The van der Waals surface area contributed by atoms with Gasteiger partial charge in [0.2, 0.25) is 11.6 Å². The Morgan fingerprint density at radius 3 is 2.68 bits per heavy atom. The summed E-state index contributed by atoms with van der Waals surface area (Å²) >= 11 is 0. The molecule has 0 aliphatic rings. The Hall–Kier alpha value is -2.37. The van der Waals surface area contributed by atoms with Crippen LogP contribution in [0, 0.1) is 0 Å². The minimum absolute atomic E-state index is 0.0736. The summed E-state index contributed by atoms with van der Waals surface area (Å²) in [4.78, 5) is 7.84. The third kappa shape index (κ3) is 3.10. The van der Waals surface area contributed by atoms with Crippen LogP contribution in [-0.2, 0) is 6.18 Å². The van der Waals surface area contributed by atoms with Gasteiger partial charge in [-0.3, -0.25) is 0 Å². The number of hydrogen-bond acceptors (Lipinski definition) is 3. The molecule has 0 fully saturated rings. The van der Waals surface area contributed by atoms with Gasteiger partial charge in [0, 0.05) is 11.8 Å². The van der Waals surface area contributed by atoms with Crippen molar-refractivity contribution in [1.29, 1.82) is 0 Å². The number of alkyl halides is 3. The highest BCUT2D eigenvalue weighted by molar-refractivity contribution is 5.80. The molecule has 0 unspecified atom stereocenters. The maximum absolute atomic E-state index is 12.7. The number of fused-ring (bicyclic) bond motifs is 1. The molecule has 0 N–H and O–H groups in total. The van der Waals surface area contributed by atoms with E-state index in [0.29, 0.717) is 5.57 Å². The van der Waals surface area contributed by atoms with Crippen LogP contribution >= 0.6 is 0 Å². The van der Waals surface area contributed by atoms with Gasteiger partial charge in [0.1, 0.15) is 5.52 Å². The highest BCUT2D eigenvalue weighted by atomic mass is 19.4. The Morgan fingerprint density at radius 1 is 1.41 bits per heavy atom. The largest absolute Gasteiger partial charge is 0.418 e. The Labute approximate surface area is 125 Å². The number of hydrogen-bond donors (Lipinski definition) is 0. The second-order valence-corrected chi connectivity index (χ2v) is 4.55. The molecule has 0 spiro atoms. The second kappa shape index (κ2) is 6.17. The zero-order valence-corrected chi connectivity index (χ0v) is 12.2. The van der Waals surface area contributed by atoms with E-state index in [9.17, 15) is 13.2 Å². The zero-order valence-electron chi connectivity index (χ0n) is 12.2. The van der Waals surface area contributed by atoms with Gasteiger partial charge in [-0.25, -0.2) is 9.97 Å². The van der Waals surface area contributed by atoms with Crippen molar-refractivity contribution in [2.24, 2.45) is 0 Å². The number of pyridine rings is 1. The molecule has 0 bridgehead atoms. The highest BCUT2D eigenvalue weighted by Gasteiger charge is 2.31. The van der Waals surface area contributed by atoms with Crippen molar-refractivity contribution in [2.45, 2.75) is 26.4 Å². The topological polar surface area (TPSA) is 38.9 Å². The minimum Gasteiger partial charge on any atom is -0.418 e. The molecule has 0 aromatic carbocycles. The fourth-order valence-electron chi connectivity index (χ4n) is 2.08. The van der Waals surface area contributed by atoms with Crippen LogP contribution in [0.3, 0.4) is 0 Å². The fraction of sp³-hybridized carbons (Fsp3) is 0.250. The maximum Gasteiger partial charge on any atom is 0.417 e. The SMILES string of the molecule is C=C/C=C(\C(=C/C)CC)c1nc2cc(C(F)(F)F)cnc2o1. The Kier molecular flexibility index (Phi) is 4.49. The van der Waals surface area contributed by atoms with Crippen molar-refractivity contribution in [3.63, 3.8) is 0 Å². The van der Waals surface area contributed by atoms with Gasteiger partial charge < -0.3 is 4.42 Å². The van der Waals surface area contributed by atoms with Gasteiger partial charge in [-0.2, -0.15) is 13.2 Å². The molecular weight excluding hydrogens is 293 g/mol. The van der Waals surface area contributed by atoms with Crippen LogP contribution in [0.2, 0.25) is 0 Å². The van der Waals surface area contributed by atoms with Crippen molar-refractivity contribution in [2.75, 3.05) is 0 Å². The summed E-state index contributed by atoms with van der Waals surface area (Å²) in [5, 5.41) is 0. The zero-order chi connectivity index (χ0) is 16.3. The standard InChI is InChI=1S/C16H15F3N2O/c1-4-7-12(10(5-2)6-3)14-21-13-8-11(16(17,18)19)9-20-15(13)22-14/h4-5,7-9H,1,6H2,2-3H3/b10-5-,12-7+. The molecule has 0 radical (unpaired) electrons. The van der Waals surface area contributed by atoms with Crippen LogP contribution in [0.15, 0.2) is 47.1 Å². The predicted molar refractivity (Wildman–Crippen MR) is 79.0 cm³/mol. The van der Waals surface area contributed by atoms with Crippen molar-refractivity contribution >= 4 is 16.8 Å². The molecular formula is C16H15F3N2O. The number of halogens is 3. The average molecular weight is 308 g/mol. The Balaban J connectivity index is 2.56. The molecule has 116 valence electrons. The maximum atomic E-state index is 12.7. The van der Waals surface area contributed by atoms with E-state index in [2.05, 4.69) is 16.5 Å². The summed E-state index contributed by atoms with van der Waals surface area (Å²) < 4.78 is 43.6. The Morgan fingerprint density at radius 2 is 2.14 bits per heavy atom. The first-order chi connectivity index (χ1) is 10.4. The van der Waals surface area contributed by atoms with Gasteiger partial charge in [0.25, 0.3) is 0 Å². The molecule has 2 heterocycles. The van der Waals surface area contributed by atoms with E-state index in [-0.39, 0.29) is 17.1 Å². The lowest BCUT2D eigenvalue weighted by atomic mass is 10.0. The van der Waals surface area contributed by atoms with Crippen molar-refractivity contribution in [3.05, 3.63) is 54.1 Å². The van der Waals surface area contributed by atoms with E-state index in [1.807, 2.05) is 19.9 Å². The van der Waals surface area contributed by atoms with Crippen LogP contribution < -0.4 is 0 Å². The number of aromatic nitrogens is 2. The lowest BCUT2D eigenvalue weighted by Gasteiger charge is -2.04. The first-order valence-corrected chi connectivity index (χ1v) is 6.73. The number of oxazole rings is 1. The molecule has 0 aliphatic heterocycles. The second-order valence-electron chi connectivity index (χ2n) is 4.55. The summed E-state index contributed by atoms with van der Waals surface area (Å²) in [6, 6.07) is 0.933. The number of nitrogens with zero attached hydrogens (tertiary/aromatic N) is 2. The lowest BCUT2D eigenvalue weighted by molar-refractivity contribution is -0.137. The van der Waals surface area contributed by atoms with E-state index in [1.54, 1.807) is 12.2 Å². The molecule has 22 heavy (non-hydrogen) atoms. The van der Waals surface area contributed by atoms with Gasteiger partial charge in [0.05, 0.1) is 5.56 Å². The van der Waals surface area contributed by atoms with Gasteiger partial charge in [-0.05, 0) is 31.1 Å². The number of rotatable bonds is 4. The molecule has 2 aromatic heterocycles. The number of allylic oxidation sites excluding steroid dienone is 5. The lowest BCUT2D eigenvalue weighted by Crippen LogP contribution is -2.04. The van der Waals surface area contributed by atoms with Crippen LogP contribution in [0.25, 0.3) is 16.8 Å². The van der Waals surface area contributed by atoms with Gasteiger partial charge in [0.15, 0.2) is 0 Å². The third-order valence-electron chi connectivity index (χ3n) is 3.17. The quantitative estimate of drug-likeness (QED) is 0.732. The van der Waals surface area contributed by atoms with Gasteiger partial charge in [-0.15, -0.1) is 0 Å². The molecule has 0 atom stereocenters. The third-order valence-corrected chi connectivity index (χ3v) is 3.17. The first-order valence-electron chi connectivity index (χ1n) is 6.73. The summed E-state index contributed by atoms with van der Waals surface area (Å²) in [6.45, 7) is 7.48. The fourth-order valence-corrected chi connectivity index (χ4v) is 2.08. The molecule has 3 nitrogen and oxygen atoms in total. The normalized spacial score (nSPS) is 13.7. The molecule has 2 aromatic rings. The smallest absolute Gasteiger partial charge is 0.417 e. The molecule has 2 rings (SSSR count). The highest BCUT2D eigenvalue weighted by Crippen LogP contribution is 2.32. The van der Waals surface area contributed by atoms with Crippen molar-refractivity contribution < 1.29 is 17.6 Å². The van der Waals surface area contributed by atoms with E-state index in [1.165, 1.54) is 0 Å². The summed E-state index contributed by atoms with van der Waals surface area (Å²) in [7, 11) is 0. The first kappa shape index (κ1) is 16.0. The molecule has 0 amide bonds. The van der Waals surface area contributed by atoms with E-state index in [0.717, 1.165) is 24.3 Å². The van der Waals surface area contributed by atoms with Crippen molar-refractivity contribution in [1.82, 2.24) is 9.97 Å². The van der Waals surface area contributed by atoms with E-state index in [4.69, 9.17) is 4.42 Å². The van der Waals surface area contributed by atoms with Crippen LogP contribution in [0.5, 0.6) is 0 Å². The van der Waals surface area contributed by atoms with Crippen LogP contribution in [0.1, 0.15) is 31.7 Å². The molecule has 0 saturated carbocycles. The predicted octanol–water partition coefficient (Wildman–Crippen LogP) is 5.17. The van der Waals surface area contributed by atoms with E-state index >= 15 is 0 Å². The van der Waals surface area contributed by atoms with Crippen molar-refractivity contribution in [3.8, 4) is 0 Å². The molecule has 6 heteroatoms. The minimum atomic E-state index is -4.46. The van der Waals surface area contributed by atoms with Crippen LogP contribution in [0.4, 0.5) is 13.2 Å². The van der Waals surface area contributed by atoms with Gasteiger partial charge >= 0.3 is 6.18 Å². The van der Waals surface area contributed by atoms with Crippen LogP contribution in [-0.4, -0.2) is 9.97 Å². The average Bonchev–Trinajstić information content (AvgIpc) is 2.89. The summed E-state index contributed by atoms with van der Waals surface area (Å²) in [6.07, 6.45) is 2.21. The Bertz CT molecular complexity index is 754. The van der Waals surface area contributed by atoms with Gasteiger partial charge in [-0.1, -0.05) is 25.7 Å². The summed E-state index contributed by atoms with van der Waals surface area (Å²) in [5.74, 6) is 0.233. The summed E-state index contributed by atoms with van der Waals surface area (Å²) in [5.41, 5.74) is 0.945. The molecule has 0 aliphatic carbocycles. The van der Waals surface area contributed by atoms with E-state index < -0.39 is 11.7 Å².